The Morgan fingerprint density at radius 2 is 1.50 bits per heavy atom. The van der Waals surface area contributed by atoms with E-state index < -0.39 is 5.92 Å². The number of carbonyl (C=O) groups excluding carboxylic acids is 3. The first kappa shape index (κ1) is 20.7. The molecule has 0 saturated carbocycles. The van der Waals surface area contributed by atoms with Crippen LogP contribution >= 0.6 is 0 Å². The summed E-state index contributed by atoms with van der Waals surface area (Å²) in [6.45, 7) is 2.40. The average Bonchev–Trinajstić information content (AvgIpc) is 3.43. The molecule has 0 aliphatic carbocycles. The zero-order chi connectivity index (χ0) is 23.2. The van der Waals surface area contributed by atoms with Crippen LogP contribution in [0.5, 0.6) is 0 Å². The summed E-state index contributed by atoms with van der Waals surface area (Å²) in [6, 6.07) is 18.7. The number of carbonyl (C=O) groups is 3. The Kier molecular flexibility index (Phi) is 4.98. The van der Waals surface area contributed by atoms with E-state index in [4.69, 9.17) is 4.42 Å². The summed E-state index contributed by atoms with van der Waals surface area (Å²) in [5.74, 6) is -0.306. The Labute approximate surface area is 197 Å². The topological polar surface area (TPSA) is 74.1 Å². The van der Waals surface area contributed by atoms with Crippen LogP contribution in [-0.4, -0.2) is 65.1 Å². The van der Waals surface area contributed by atoms with Crippen molar-refractivity contribution >= 4 is 17.7 Å². The van der Waals surface area contributed by atoms with Crippen LogP contribution < -0.4 is 0 Å². The zero-order valence-electron chi connectivity index (χ0n) is 18.7. The number of amides is 3. The van der Waals surface area contributed by atoms with Crippen LogP contribution in [0.2, 0.25) is 0 Å². The quantitative estimate of drug-likeness (QED) is 0.595. The van der Waals surface area contributed by atoms with Crippen molar-refractivity contribution < 1.29 is 18.8 Å². The molecule has 4 heterocycles. The number of hydrogen-bond acceptors (Lipinski definition) is 4. The lowest BCUT2D eigenvalue weighted by Crippen LogP contribution is -2.55. The van der Waals surface area contributed by atoms with Crippen LogP contribution in [0.1, 0.15) is 49.6 Å². The molecule has 1 saturated heterocycles. The molecule has 0 N–H and O–H groups in total. The molecule has 0 bridgehead atoms. The van der Waals surface area contributed by atoms with E-state index >= 15 is 0 Å². The first-order chi connectivity index (χ1) is 16.6. The molecule has 3 amide bonds. The van der Waals surface area contributed by atoms with Crippen molar-refractivity contribution in [3.05, 3.63) is 94.9 Å². The van der Waals surface area contributed by atoms with E-state index in [0.717, 1.165) is 17.5 Å². The Hall–Kier alpha value is -3.87. The van der Waals surface area contributed by atoms with Crippen LogP contribution in [0, 0.1) is 0 Å². The van der Waals surface area contributed by atoms with E-state index in [1.165, 1.54) is 11.8 Å². The fourth-order valence-electron chi connectivity index (χ4n) is 5.62. The first-order valence-corrected chi connectivity index (χ1v) is 11.7. The first-order valence-electron chi connectivity index (χ1n) is 11.7. The number of piperazine rings is 1. The maximum Gasteiger partial charge on any atom is 0.289 e. The summed E-state index contributed by atoms with van der Waals surface area (Å²) >= 11 is 0. The number of nitrogens with zero attached hydrogens (tertiary/aromatic N) is 3. The zero-order valence-corrected chi connectivity index (χ0v) is 18.7. The SMILES string of the molecule is O=C(c1ccco1)N1CCN(C(=O)[C@H]2c3ccccc3C(=O)N3CCc4ccccc4[C@H]23)CC1. The van der Waals surface area contributed by atoms with E-state index in [2.05, 4.69) is 6.07 Å². The van der Waals surface area contributed by atoms with Gasteiger partial charge in [-0.25, -0.2) is 0 Å². The van der Waals surface area contributed by atoms with E-state index in [-0.39, 0.29) is 23.8 Å². The van der Waals surface area contributed by atoms with Gasteiger partial charge in [0, 0.05) is 38.3 Å². The highest BCUT2D eigenvalue weighted by Gasteiger charge is 2.47. The molecule has 3 aromatic rings. The minimum Gasteiger partial charge on any atom is -0.459 e. The molecule has 7 heteroatoms. The second-order valence-corrected chi connectivity index (χ2v) is 9.05. The maximum atomic E-state index is 14.1. The van der Waals surface area contributed by atoms with Crippen molar-refractivity contribution in [2.45, 2.75) is 18.4 Å². The Morgan fingerprint density at radius 1 is 0.794 bits per heavy atom. The smallest absolute Gasteiger partial charge is 0.289 e. The van der Waals surface area contributed by atoms with Gasteiger partial charge >= 0.3 is 0 Å². The molecular formula is C27H25N3O4. The van der Waals surface area contributed by atoms with Gasteiger partial charge in [-0.2, -0.15) is 0 Å². The van der Waals surface area contributed by atoms with Crippen LogP contribution in [-0.2, 0) is 11.2 Å². The molecule has 0 radical (unpaired) electrons. The van der Waals surface area contributed by atoms with Gasteiger partial charge in [-0.05, 0) is 41.3 Å². The molecule has 2 aromatic carbocycles. The minimum atomic E-state index is -0.470. The van der Waals surface area contributed by atoms with Gasteiger partial charge < -0.3 is 19.1 Å². The van der Waals surface area contributed by atoms with Crippen LogP contribution in [0.15, 0.2) is 71.3 Å². The van der Waals surface area contributed by atoms with E-state index in [1.807, 2.05) is 52.3 Å². The summed E-state index contributed by atoms with van der Waals surface area (Å²) in [4.78, 5) is 45.5. The molecule has 7 nitrogen and oxygen atoms in total. The number of furan rings is 1. The molecule has 6 rings (SSSR count). The monoisotopic (exact) mass is 455 g/mol. The van der Waals surface area contributed by atoms with E-state index in [1.54, 1.807) is 17.0 Å². The normalized spacial score (nSPS) is 21.5. The molecule has 172 valence electrons. The third-order valence-electron chi connectivity index (χ3n) is 7.31. The molecule has 1 fully saturated rings. The van der Waals surface area contributed by atoms with E-state index in [9.17, 15) is 14.4 Å². The van der Waals surface area contributed by atoms with Gasteiger partial charge in [0.2, 0.25) is 5.91 Å². The van der Waals surface area contributed by atoms with Crippen LogP contribution in [0.4, 0.5) is 0 Å². The van der Waals surface area contributed by atoms with Gasteiger partial charge in [0.25, 0.3) is 11.8 Å². The standard InChI is InChI=1S/C27H25N3O4/c31-25-21-9-4-3-8-20(21)23(24-19-7-2-1-6-18(19)11-12-30(24)25)27(33)29-15-13-28(14-16-29)26(32)22-10-5-17-34-22/h1-10,17,23-24H,11-16H2/t23-,24+/m0/s1. The number of benzene rings is 2. The Bertz CT molecular complexity index is 1260. The van der Waals surface area contributed by atoms with Crippen LogP contribution in [0.25, 0.3) is 0 Å². The van der Waals surface area contributed by atoms with Crippen molar-refractivity contribution in [3.63, 3.8) is 0 Å². The Morgan fingerprint density at radius 3 is 2.26 bits per heavy atom. The third kappa shape index (κ3) is 3.22. The second kappa shape index (κ2) is 8.17. The number of hydrogen-bond donors (Lipinski definition) is 0. The lowest BCUT2D eigenvalue weighted by molar-refractivity contribution is -0.136. The summed E-state index contributed by atoms with van der Waals surface area (Å²) in [5, 5.41) is 0. The summed E-state index contributed by atoms with van der Waals surface area (Å²) < 4.78 is 5.25. The Balaban J connectivity index is 1.32. The maximum absolute atomic E-state index is 14.1. The van der Waals surface area contributed by atoms with Crippen molar-refractivity contribution in [2.75, 3.05) is 32.7 Å². The largest absolute Gasteiger partial charge is 0.459 e. The predicted molar refractivity (Wildman–Crippen MR) is 124 cm³/mol. The third-order valence-corrected chi connectivity index (χ3v) is 7.31. The molecule has 34 heavy (non-hydrogen) atoms. The molecule has 3 aliphatic rings. The average molecular weight is 456 g/mol. The van der Waals surface area contributed by atoms with E-state index in [0.29, 0.717) is 44.0 Å². The highest BCUT2D eigenvalue weighted by molar-refractivity contribution is 6.01. The minimum absolute atomic E-state index is 0.00647. The van der Waals surface area contributed by atoms with Gasteiger partial charge in [0.15, 0.2) is 5.76 Å². The van der Waals surface area contributed by atoms with Gasteiger partial charge in [-0.15, -0.1) is 0 Å². The summed E-state index contributed by atoms with van der Waals surface area (Å²) in [7, 11) is 0. The second-order valence-electron chi connectivity index (χ2n) is 9.05. The van der Waals surface area contributed by atoms with Gasteiger partial charge in [0.05, 0.1) is 18.2 Å². The fraction of sp³-hybridized carbons (Fsp3) is 0.296. The summed E-state index contributed by atoms with van der Waals surface area (Å²) in [6.07, 6.45) is 2.28. The van der Waals surface area contributed by atoms with Gasteiger partial charge in [0.1, 0.15) is 0 Å². The van der Waals surface area contributed by atoms with Crippen molar-refractivity contribution in [3.8, 4) is 0 Å². The highest BCUT2D eigenvalue weighted by atomic mass is 16.3. The molecule has 0 spiro atoms. The van der Waals surface area contributed by atoms with Crippen LogP contribution in [0.3, 0.4) is 0 Å². The van der Waals surface area contributed by atoms with Gasteiger partial charge in [-0.3, -0.25) is 14.4 Å². The van der Waals surface area contributed by atoms with Crippen molar-refractivity contribution in [2.24, 2.45) is 0 Å². The highest BCUT2D eigenvalue weighted by Crippen LogP contribution is 2.46. The number of fused-ring (bicyclic) bond motifs is 4. The lowest BCUT2D eigenvalue weighted by atomic mass is 9.75. The van der Waals surface area contributed by atoms with Gasteiger partial charge in [-0.1, -0.05) is 42.5 Å². The number of rotatable bonds is 2. The molecule has 0 unspecified atom stereocenters. The fourth-order valence-corrected chi connectivity index (χ4v) is 5.62. The summed E-state index contributed by atoms with van der Waals surface area (Å²) in [5.41, 5.74) is 3.66. The molecule has 1 aromatic heterocycles. The predicted octanol–water partition coefficient (Wildman–Crippen LogP) is 3.10. The molecule has 3 aliphatic heterocycles. The van der Waals surface area contributed by atoms with Crippen molar-refractivity contribution in [1.29, 1.82) is 0 Å². The lowest BCUT2D eigenvalue weighted by Gasteiger charge is -2.47. The molecular weight excluding hydrogens is 430 g/mol. The van der Waals surface area contributed by atoms with Crippen molar-refractivity contribution in [1.82, 2.24) is 14.7 Å². The molecule has 2 atom stereocenters.